The predicted molar refractivity (Wildman–Crippen MR) is 112 cm³/mol. The van der Waals surface area contributed by atoms with E-state index in [-0.39, 0.29) is 24.6 Å². The lowest BCUT2D eigenvalue weighted by Crippen LogP contribution is -2.15. The summed E-state index contributed by atoms with van der Waals surface area (Å²) in [4.78, 5) is 24.3. The van der Waals surface area contributed by atoms with Crippen LogP contribution in [0.3, 0.4) is 0 Å². The number of carbonyl (C=O) groups is 2. The molecule has 0 unspecified atom stereocenters. The average Bonchev–Trinajstić information content (AvgIpc) is 3.35. The molecule has 158 valence electrons. The number of Topliss-reactive ketones (excluding diaryl/α,β-unsaturated/α-hetero) is 1. The lowest BCUT2D eigenvalue weighted by atomic mass is 10.1. The monoisotopic (exact) mass is 419 g/mol. The van der Waals surface area contributed by atoms with Crippen molar-refractivity contribution >= 4 is 22.7 Å². The number of aromatic nitrogens is 1. The summed E-state index contributed by atoms with van der Waals surface area (Å²) in [6, 6.07) is 16.1. The number of fused-ring (bicyclic) bond motifs is 1. The van der Waals surface area contributed by atoms with Gasteiger partial charge in [-0.3, -0.25) is 9.59 Å². The Hall–Kier alpha value is -3.87. The third-order valence-corrected chi connectivity index (χ3v) is 4.90. The van der Waals surface area contributed by atoms with E-state index in [1.165, 1.54) is 0 Å². The second-order valence-corrected chi connectivity index (χ2v) is 7.14. The number of furan rings is 1. The highest BCUT2D eigenvalue weighted by molar-refractivity contribution is 5.99. The van der Waals surface area contributed by atoms with Gasteiger partial charge in [-0.05, 0) is 43.7 Å². The number of hydrogen-bond donors (Lipinski definition) is 0. The van der Waals surface area contributed by atoms with Crippen LogP contribution in [-0.2, 0) is 22.6 Å². The van der Waals surface area contributed by atoms with E-state index in [1.807, 2.05) is 32.0 Å². The molecule has 0 radical (unpaired) electrons. The lowest BCUT2D eigenvalue weighted by molar-refractivity contribution is -0.141. The van der Waals surface area contributed by atoms with Crippen molar-refractivity contribution in [3.8, 4) is 5.75 Å². The summed E-state index contributed by atoms with van der Waals surface area (Å²) >= 11 is 0. The zero-order chi connectivity index (χ0) is 21.8. The van der Waals surface area contributed by atoms with Gasteiger partial charge in [-0.2, -0.15) is 0 Å². The van der Waals surface area contributed by atoms with Crippen molar-refractivity contribution in [2.45, 2.75) is 26.9 Å². The number of para-hydroxylation sites is 1. The quantitative estimate of drug-likeness (QED) is 0.305. The Morgan fingerprint density at radius 2 is 1.81 bits per heavy atom. The van der Waals surface area contributed by atoms with Crippen LogP contribution in [0.15, 0.2) is 63.5 Å². The number of hydrogen-bond acceptors (Lipinski definition) is 7. The van der Waals surface area contributed by atoms with Crippen molar-refractivity contribution in [2.24, 2.45) is 0 Å². The molecule has 2 heterocycles. The van der Waals surface area contributed by atoms with E-state index in [0.29, 0.717) is 17.9 Å². The van der Waals surface area contributed by atoms with Crippen LogP contribution in [0.1, 0.15) is 33.1 Å². The molecule has 0 amide bonds. The normalized spacial score (nSPS) is 10.9. The maximum atomic E-state index is 12.2. The van der Waals surface area contributed by atoms with E-state index in [0.717, 1.165) is 28.0 Å². The summed E-state index contributed by atoms with van der Waals surface area (Å²) in [6.45, 7) is 3.69. The molecule has 4 aromatic rings. The number of ether oxygens (including phenoxy) is 2. The zero-order valence-corrected chi connectivity index (χ0v) is 17.2. The van der Waals surface area contributed by atoms with E-state index in [1.54, 1.807) is 36.4 Å². The molecule has 0 N–H and O–H groups in total. The first-order valence-electron chi connectivity index (χ1n) is 9.80. The molecule has 0 atom stereocenters. The standard InChI is InChI=1S/C24H21NO6/c1-15-20(16(2)31-25-15)13-28-19-9-7-17(8-10-19)11-24(27)29-14-21(26)23-12-18-5-3-4-6-22(18)30-23/h3-10,12H,11,13-14H2,1-2H3. The van der Waals surface area contributed by atoms with Crippen LogP contribution in [-0.4, -0.2) is 23.5 Å². The van der Waals surface area contributed by atoms with Crippen LogP contribution in [0.5, 0.6) is 5.75 Å². The van der Waals surface area contributed by atoms with Crippen molar-refractivity contribution in [3.63, 3.8) is 0 Å². The molecule has 2 aromatic heterocycles. The van der Waals surface area contributed by atoms with Crippen molar-refractivity contribution in [3.05, 3.63) is 82.9 Å². The molecule has 4 rings (SSSR count). The van der Waals surface area contributed by atoms with Gasteiger partial charge in [-0.25, -0.2) is 0 Å². The minimum absolute atomic E-state index is 0.0531. The number of rotatable bonds is 8. The Labute approximate surface area is 178 Å². The molecule has 0 aliphatic rings. The molecule has 0 saturated heterocycles. The van der Waals surface area contributed by atoms with Crippen LogP contribution in [0.2, 0.25) is 0 Å². The Morgan fingerprint density at radius 1 is 1.03 bits per heavy atom. The van der Waals surface area contributed by atoms with Crippen LogP contribution in [0.4, 0.5) is 0 Å². The first-order chi connectivity index (χ1) is 15.0. The maximum Gasteiger partial charge on any atom is 0.310 e. The highest BCUT2D eigenvalue weighted by Crippen LogP contribution is 2.20. The van der Waals surface area contributed by atoms with E-state index in [4.69, 9.17) is 18.4 Å². The minimum atomic E-state index is -0.492. The fourth-order valence-electron chi connectivity index (χ4n) is 3.12. The van der Waals surface area contributed by atoms with Gasteiger partial charge < -0.3 is 18.4 Å². The number of nitrogens with zero attached hydrogens (tertiary/aromatic N) is 1. The summed E-state index contributed by atoms with van der Waals surface area (Å²) in [5, 5.41) is 4.73. The topological polar surface area (TPSA) is 91.8 Å². The predicted octanol–water partition coefficient (Wildman–Crippen LogP) is 4.59. The molecule has 7 nitrogen and oxygen atoms in total. The second kappa shape index (κ2) is 8.87. The Bertz CT molecular complexity index is 1170. The summed E-state index contributed by atoms with van der Waals surface area (Å²) in [6.07, 6.45) is 0.0531. The van der Waals surface area contributed by atoms with E-state index in [2.05, 4.69) is 5.16 Å². The van der Waals surface area contributed by atoms with Gasteiger partial charge in [0.25, 0.3) is 0 Å². The van der Waals surface area contributed by atoms with E-state index >= 15 is 0 Å². The number of carbonyl (C=O) groups excluding carboxylic acids is 2. The molecule has 0 bridgehead atoms. The molecule has 0 saturated carbocycles. The van der Waals surface area contributed by atoms with Gasteiger partial charge in [0, 0.05) is 5.39 Å². The van der Waals surface area contributed by atoms with Gasteiger partial charge in [0.2, 0.25) is 5.78 Å². The Morgan fingerprint density at radius 3 is 2.52 bits per heavy atom. The minimum Gasteiger partial charge on any atom is -0.489 e. The molecule has 0 aliphatic carbocycles. The fourth-order valence-corrected chi connectivity index (χ4v) is 3.12. The molecule has 2 aromatic carbocycles. The fraction of sp³-hybridized carbons (Fsp3) is 0.208. The third-order valence-electron chi connectivity index (χ3n) is 4.90. The van der Waals surface area contributed by atoms with Crippen molar-refractivity contribution in [1.29, 1.82) is 0 Å². The highest BCUT2D eigenvalue weighted by atomic mass is 16.5. The number of aryl methyl sites for hydroxylation is 2. The Balaban J connectivity index is 1.27. The summed E-state index contributed by atoms with van der Waals surface area (Å²) < 4.78 is 21.5. The molecule has 7 heteroatoms. The summed E-state index contributed by atoms with van der Waals surface area (Å²) in [5.41, 5.74) is 3.09. The average molecular weight is 419 g/mol. The van der Waals surface area contributed by atoms with Crippen LogP contribution < -0.4 is 4.74 Å². The van der Waals surface area contributed by atoms with E-state index < -0.39 is 5.97 Å². The number of esters is 1. The largest absolute Gasteiger partial charge is 0.489 e. The van der Waals surface area contributed by atoms with Crippen LogP contribution in [0.25, 0.3) is 11.0 Å². The van der Waals surface area contributed by atoms with Gasteiger partial charge in [-0.15, -0.1) is 0 Å². The molecule has 0 aliphatic heterocycles. The number of ketones is 1. The van der Waals surface area contributed by atoms with Crippen LogP contribution >= 0.6 is 0 Å². The van der Waals surface area contributed by atoms with E-state index in [9.17, 15) is 9.59 Å². The van der Waals surface area contributed by atoms with Crippen molar-refractivity contribution in [2.75, 3.05) is 6.61 Å². The summed E-state index contributed by atoms with van der Waals surface area (Å²) in [7, 11) is 0. The first-order valence-corrected chi connectivity index (χ1v) is 9.80. The molecular formula is C24H21NO6. The third kappa shape index (κ3) is 4.83. The molecule has 0 fully saturated rings. The molecule has 0 spiro atoms. The van der Waals surface area contributed by atoms with Gasteiger partial charge in [0.15, 0.2) is 12.4 Å². The highest BCUT2D eigenvalue weighted by Gasteiger charge is 2.15. The van der Waals surface area contributed by atoms with Gasteiger partial charge in [0.1, 0.15) is 23.7 Å². The van der Waals surface area contributed by atoms with Gasteiger partial charge >= 0.3 is 5.97 Å². The van der Waals surface area contributed by atoms with Gasteiger partial charge in [-0.1, -0.05) is 35.5 Å². The molecular weight excluding hydrogens is 398 g/mol. The smallest absolute Gasteiger partial charge is 0.310 e. The van der Waals surface area contributed by atoms with Crippen molar-refractivity contribution in [1.82, 2.24) is 5.16 Å². The van der Waals surface area contributed by atoms with Crippen LogP contribution in [0, 0.1) is 13.8 Å². The zero-order valence-electron chi connectivity index (χ0n) is 17.2. The lowest BCUT2D eigenvalue weighted by Gasteiger charge is -2.07. The van der Waals surface area contributed by atoms with Crippen molar-refractivity contribution < 1.29 is 28.0 Å². The molecule has 31 heavy (non-hydrogen) atoms. The Kier molecular flexibility index (Phi) is 5.84. The number of benzene rings is 2. The summed E-state index contributed by atoms with van der Waals surface area (Å²) in [5.74, 6) is 0.696. The first kappa shape index (κ1) is 20.4. The SMILES string of the molecule is Cc1noc(C)c1COc1ccc(CC(=O)OCC(=O)c2cc3ccccc3o2)cc1. The second-order valence-electron chi connectivity index (χ2n) is 7.14. The maximum absolute atomic E-state index is 12.2. The van der Waals surface area contributed by atoms with Gasteiger partial charge in [0.05, 0.1) is 17.7 Å².